The number of hydroxylamine groups is 1. The number of pyridine rings is 1. The highest BCUT2D eigenvalue weighted by Gasteiger charge is 2.59. The minimum atomic E-state index is -4.50. The van der Waals surface area contributed by atoms with Gasteiger partial charge >= 0.3 is 6.18 Å². The lowest BCUT2D eigenvalue weighted by molar-refractivity contribution is -0.184. The molecule has 0 saturated carbocycles. The summed E-state index contributed by atoms with van der Waals surface area (Å²) in [7, 11) is 0. The molecule has 170 valence electrons. The molecular formula is C20H17BrClF3N4O3. The van der Waals surface area contributed by atoms with Crippen molar-refractivity contribution < 1.29 is 27.6 Å². The molecule has 12 heteroatoms. The van der Waals surface area contributed by atoms with E-state index in [2.05, 4.69) is 31.7 Å². The van der Waals surface area contributed by atoms with Crippen LogP contribution in [0.3, 0.4) is 0 Å². The Bertz CT molecular complexity index is 1030. The van der Waals surface area contributed by atoms with Gasteiger partial charge in [-0.1, -0.05) is 27.5 Å². The Morgan fingerprint density at radius 2 is 2.12 bits per heavy atom. The van der Waals surface area contributed by atoms with Gasteiger partial charge in [0, 0.05) is 28.8 Å². The number of hydrogen-bond donors (Lipinski definition) is 2. The van der Waals surface area contributed by atoms with Crippen LogP contribution in [0.2, 0.25) is 5.02 Å². The van der Waals surface area contributed by atoms with E-state index in [1.54, 1.807) is 0 Å². The molecule has 0 bridgehead atoms. The summed E-state index contributed by atoms with van der Waals surface area (Å²) in [6, 6.07) is 6.44. The van der Waals surface area contributed by atoms with Gasteiger partial charge in [0.15, 0.2) is 0 Å². The Morgan fingerprint density at radius 3 is 2.72 bits per heavy atom. The van der Waals surface area contributed by atoms with Crippen molar-refractivity contribution in [1.82, 2.24) is 15.8 Å². The van der Waals surface area contributed by atoms with E-state index in [4.69, 9.17) is 16.4 Å². The second-order valence-corrected chi connectivity index (χ2v) is 8.97. The molecule has 0 radical (unpaired) electrons. The van der Waals surface area contributed by atoms with Gasteiger partial charge in [-0.15, -0.1) is 0 Å². The number of carbonyl (C=O) groups is 2. The molecule has 2 atom stereocenters. The molecule has 2 aliphatic heterocycles. The number of rotatable bonds is 4. The second kappa shape index (κ2) is 8.53. The summed E-state index contributed by atoms with van der Waals surface area (Å²) in [5.41, 5.74) is 0.288. The van der Waals surface area contributed by atoms with E-state index < -0.39 is 29.4 Å². The maximum absolute atomic E-state index is 14.2. The number of alkyl halides is 3. The fourth-order valence-corrected chi connectivity index (χ4v) is 4.73. The molecule has 2 amide bonds. The van der Waals surface area contributed by atoms with Crippen LogP contribution in [0.4, 0.5) is 19.0 Å². The van der Waals surface area contributed by atoms with Crippen LogP contribution in [0.25, 0.3) is 0 Å². The molecule has 2 unspecified atom stereocenters. The van der Waals surface area contributed by atoms with Crippen molar-refractivity contribution in [3.8, 4) is 0 Å². The molecular weight excluding hydrogens is 517 g/mol. The summed E-state index contributed by atoms with van der Waals surface area (Å²) in [6.45, 7) is -0.202. The van der Waals surface area contributed by atoms with E-state index in [1.165, 1.54) is 41.4 Å². The summed E-state index contributed by atoms with van der Waals surface area (Å²) < 4.78 is 43.2. The Labute approximate surface area is 194 Å². The molecule has 32 heavy (non-hydrogen) atoms. The zero-order valence-corrected chi connectivity index (χ0v) is 18.7. The van der Waals surface area contributed by atoms with Gasteiger partial charge in [-0.2, -0.15) is 13.2 Å². The number of amides is 2. The van der Waals surface area contributed by atoms with Crippen LogP contribution in [0, 0.1) is 0 Å². The van der Waals surface area contributed by atoms with E-state index >= 15 is 0 Å². The molecule has 2 fully saturated rings. The predicted octanol–water partition coefficient (Wildman–Crippen LogP) is 3.37. The van der Waals surface area contributed by atoms with Crippen LogP contribution in [0.1, 0.15) is 22.3 Å². The third kappa shape index (κ3) is 4.28. The first-order valence-corrected chi connectivity index (χ1v) is 10.7. The fraction of sp³-hybridized carbons (Fsp3) is 0.350. The van der Waals surface area contributed by atoms with Crippen molar-refractivity contribution in [1.29, 1.82) is 0 Å². The lowest BCUT2D eigenvalue weighted by Gasteiger charge is -2.32. The Kier molecular flexibility index (Phi) is 6.08. The molecule has 2 aromatic rings. The zero-order chi connectivity index (χ0) is 23.1. The van der Waals surface area contributed by atoms with Crippen molar-refractivity contribution in [3.63, 3.8) is 0 Å². The van der Waals surface area contributed by atoms with Gasteiger partial charge in [0.2, 0.25) is 0 Å². The molecule has 7 nitrogen and oxygen atoms in total. The predicted molar refractivity (Wildman–Crippen MR) is 113 cm³/mol. The lowest BCUT2D eigenvalue weighted by atomic mass is 9.79. The number of nitrogens with zero attached hydrogens (tertiary/aromatic N) is 2. The van der Waals surface area contributed by atoms with Crippen molar-refractivity contribution in [2.24, 2.45) is 0 Å². The zero-order valence-electron chi connectivity index (χ0n) is 16.4. The van der Waals surface area contributed by atoms with Crippen LogP contribution in [0.5, 0.6) is 0 Å². The molecule has 0 aliphatic carbocycles. The average molecular weight is 534 g/mol. The van der Waals surface area contributed by atoms with Crippen LogP contribution in [0.15, 0.2) is 41.0 Å². The van der Waals surface area contributed by atoms with Gasteiger partial charge in [0.05, 0.1) is 5.56 Å². The van der Waals surface area contributed by atoms with Gasteiger partial charge in [0.25, 0.3) is 11.8 Å². The highest BCUT2D eigenvalue weighted by molar-refractivity contribution is 9.10. The molecule has 0 spiro atoms. The number of carbonyl (C=O) groups excluding carboxylic acids is 2. The molecule has 2 aliphatic rings. The fourth-order valence-electron chi connectivity index (χ4n) is 3.87. The van der Waals surface area contributed by atoms with Crippen LogP contribution in [-0.2, 0) is 15.0 Å². The normalized spacial score (nSPS) is 23.3. The van der Waals surface area contributed by atoms with Crippen LogP contribution in [-0.4, -0.2) is 48.7 Å². The Hall–Kier alpha value is -2.37. The summed E-state index contributed by atoms with van der Waals surface area (Å²) in [6.07, 6.45) is -3.40. The minimum Gasteiger partial charge on any atom is -0.355 e. The highest BCUT2D eigenvalue weighted by atomic mass is 79.9. The summed E-state index contributed by atoms with van der Waals surface area (Å²) in [5, 5.41) is 2.72. The molecule has 2 saturated heterocycles. The number of hydrogen-bond acceptors (Lipinski definition) is 5. The minimum absolute atomic E-state index is 0.00298. The van der Waals surface area contributed by atoms with Gasteiger partial charge in [-0.3, -0.25) is 14.4 Å². The van der Waals surface area contributed by atoms with E-state index in [9.17, 15) is 22.8 Å². The number of aromatic nitrogens is 1. The smallest absolute Gasteiger partial charge is 0.355 e. The van der Waals surface area contributed by atoms with Gasteiger partial charge in [-0.25, -0.2) is 10.5 Å². The third-order valence-corrected chi connectivity index (χ3v) is 6.28. The highest BCUT2D eigenvalue weighted by Crippen LogP contribution is 2.49. The van der Waals surface area contributed by atoms with Gasteiger partial charge in [-0.05, 0) is 42.3 Å². The van der Waals surface area contributed by atoms with E-state index in [0.717, 1.165) is 0 Å². The standard InChI is InChI=1S/C20H17BrClF3N4O3/c21-13-5-12(6-14(22)7-13)19(20(23,24)25)3-4-29(10-19)16-2-1-11(8-26-16)17(30)27-15-9-32-28-18(15)31/h1-2,5-8,15H,3-4,9-10H2,(H,27,30)(H,28,31). The summed E-state index contributed by atoms with van der Waals surface area (Å²) in [4.78, 5) is 34.3. The summed E-state index contributed by atoms with van der Waals surface area (Å²) >= 11 is 9.24. The summed E-state index contributed by atoms with van der Waals surface area (Å²) in [5.74, 6) is -0.684. The van der Waals surface area contributed by atoms with Crippen molar-refractivity contribution in [2.75, 3.05) is 24.6 Å². The maximum atomic E-state index is 14.2. The number of benzene rings is 1. The van der Waals surface area contributed by atoms with Gasteiger partial charge < -0.3 is 10.2 Å². The van der Waals surface area contributed by atoms with Crippen LogP contribution >= 0.6 is 27.5 Å². The van der Waals surface area contributed by atoms with Crippen molar-refractivity contribution in [3.05, 3.63) is 57.2 Å². The monoisotopic (exact) mass is 532 g/mol. The Morgan fingerprint density at radius 1 is 1.34 bits per heavy atom. The number of nitrogens with one attached hydrogen (secondary N) is 2. The van der Waals surface area contributed by atoms with Crippen molar-refractivity contribution in [2.45, 2.75) is 24.1 Å². The largest absolute Gasteiger partial charge is 0.400 e. The molecule has 1 aromatic carbocycles. The molecule has 2 N–H and O–H groups in total. The van der Waals surface area contributed by atoms with Crippen molar-refractivity contribution >= 4 is 45.2 Å². The molecule has 1 aromatic heterocycles. The van der Waals surface area contributed by atoms with Crippen LogP contribution < -0.4 is 15.7 Å². The Balaban J connectivity index is 1.53. The first-order chi connectivity index (χ1) is 15.1. The first kappa shape index (κ1) is 22.8. The third-order valence-electron chi connectivity index (χ3n) is 5.61. The van der Waals surface area contributed by atoms with E-state index in [-0.39, 0.29) is 42.3 Å². The average Bonchev–Trinajstić information content (AvgIpc) is 3.35. The maximum Gasteiger partial charge on any atom is 0.400 e. The van der Waals surface area contributed by atoms with E-state index in [0.29, 0.717) is 10.3 Å². The van der Waals surface area contributed by atoms with Gasteiger partial charge in [0.1, 0.15) is 23.9 Å². The topological polar surface area (TPSA) is 83.6 Å². The lowest BCUT2D eigenvalue weighted by Crippen LogP contribution is -2.45. The quantitative estimate of drug-likeness (QED) is 0.630. The molecule has 3 heterocycles. The SMILES string of the molecule is O=C(NC1CONC1=O)c1ccc(N2CCC(c3cc(Cl)cc(Br)c3)(C(F)(F)F)C2)nc1. The molecule has 4 rings (SSSR count). The number of halogens is 5. The first-order valence-electron chi connectivity index (χ1n) is 9.56. The second-order valence-electron chi connectivity index (χ2n) is 7.62. The van der Waals surface area contributed by atoms with E-state index in [1.807, 2.05) is 0 Å². The number of anilines is 1.